The van der Waals surface area contributed by atoms with Gasteiger partial charge >= 0.3 is 0 Å². The van der Waals surface area contributed by atoms with E-state index in [4.69, 9.17) is 4.74 Å². The molecule has 1 atom stereocenters. The smallest absolute Gasteiger partial charge is 0.270 e. The van der Waals surface area contributed by atoms with Gasteiger partial charge in [0.1, 0.15) is 12.3 Å². The van der Waals surface area contributed by atoms with Crippen molar-refractivity contribution >= 4 is 34.5 Å². The summed E-state index contributed by atoms with van der Waals surface area (Å²) >= 11 is 1.89. The predicted octanol–water partition coefficient (Wildman–Crippen LogP) is 2.51. The van der Waals surface area contributed by atoms with Gasteiger partial charge in [-0.25, -0.2) is 0 Å². The van der Waals surface area contributed by atoms with Crippen LogP contribution in [0.15, 0.2) is 30.3 Å². The number of aromatic nitrogens is 1. The van der Waals surface area contributed by atoms with Crippen molar-refractivity contribution in [2.75, 3.05) is 38.5 Å². The molecular weight excluding hydrogens is 374 g/mol. The fourth-order valence-electron chi connectivity index (χ4n) is 4.53. The predicted molar refractivity (Wildman–Crippen MR) is 110 cm³/mol. The maximum absolute atomic E-state index is 12.8. The van der Waals surface area contributed by atoms with Gasteiger partial charge in [0.2, 0.25) is 5.91 Å². The summed E-state index contributed by atoms with van der Waals surface area (Å²) in [7, 11) is 0. The van der Waals surface area contributed by atoms with Gasteiger partial charge in [-0.3, -0.25) is 9.59 Å². The number of hydrogen-bond acceptors (Lipinski definition) is 4. The molecule has 1 aromatic heterocycles. The van der Waals surface area contributed by atoms with E-state index in [1.807, 2.05) is 51.9 Å². The molecule has 0 aliphatic carbocycles. The van der Waals surface area contributed by atoms with Crippen LogP contribution in [0.1, 0.15) is 29.8 Å². The molecule has 2 aromatic rings. The molecule has 2 amide bonds. The molecule has 7 heteroatoms. The molecule has 3 saturated heterocycles. The molecule has 1 aromatic carbocycles. The average molecular weight is 400 g/mol. The number of fused-ring (bicyclic) bond motifs is 1. The third-order valence-corrected chi connectivity index (χ3v) is 7.66. The Bertz CT molecular complexity index is 866. The lowest BCUT2D eigenvalue weighted by atomic mass is 9.92. The molecule has 1 spiro atoms. The molecule has 28 heavy (non-hydrogen) atoms. The van der Waals surface area contributed by atoms with Gasteiger partial charge in [0.25, 0.3) is 5.91 Å². The SMILES string of the molecule is O=C(COC1CSC2(C1)CN(C(=O)c1cc3ccccc3[nH]1)C2)N1CCCC1. The summed E-state index contributed by atoms with van der Waals surface area (Å²) in [4.78, 5) is 32.0. The Labute approximate surface area is 168 Å². The van der Waals surface area contributed by atoms with Crippen molar-refractivity contribution in [3.63, 3.8) is 0 Å². The Morgan fingerprint density at radius 2 is 1.96 bits per heavy atom. The summed E-state index contributed by atoms with van der Waals surface area (Å²) in [5.74, 6) is 1.09. The lowest BCUT2D eigenvalue weighted by molar-refractivity contribution is -0.136. The number of thioether (sulfide) groups is 1. The van der Waals surface area contributed by atoms with Crippen LogP contribution in [0.4, 0.5) is 0 Å². The molecule has 3 fully saturated rings. The lowest BCUT2D eigenvalue weighted by Crippen LogP contribution is -2.60. The average Bonchev–Trinajstić information content (AvgIpc) is 3.43. The molecule has 1 unspecified atom stereocenters. The summed E-state index contributed by atoms with van der Waals surface area (Å²) in [6, 6.07) is 9.88. The third kappa shape index (κ3) is 3.31. The number of nitrogens with one attached hydrogen (secondary N) is 1. The summed E-state index contributed by atoms with van der Waals surface area (Å²) in [6.07, 6.45) is 3.24. The minimum atomic E-state index is 0.0657. The van der Waals surface area contributed by atoms with Crippen LogP contribution in [0.5, 0.6) is 0 Å². The van der Waals surface area contributed by atoms with Crippen LogP contribution in [0, 0.1) is 0 Å². The number of carbonyl (C=O) groups is 2. The number of ether oxygens (including phenoxy) is 1. The zero-order valence-electron chi connectivity index (χ0n) is 15.9. The first-order valence-electron chi connectivity index (χ1n) is 10.0. The largest absolute Gasteiger partial charge is 0.367 e. The first-order chi connectivity index (χ1) is 13.6. The minimum Gasteiger partial charge on any atom is -0.367 e. The number of H-pyrrole nitrogens is 1. The number of rotatable bonds is 4. The number of benzene rings is 1. The summed E-state index contributed by atoms with van der Waals surface area (Å²) < 4.78 is 6.01. The van der Waals surface area contributed by atoms with Crippen LogP contribution in [0.25, 0.3) is 10.9 Å². The van der Waals surface area contributed by atoms with E-state index in [-0.39, 0.29) is 29.3 Å². The quantitative estimate of drug-likeness (QED) is 0.858. The number of carbonyl (C=O) groups excluding carboxylic acids is 2. The van der Waals surface area contributed by atoms with Gasteiger partial charge < -0.3 is 19.5 Å². The fourth-order valence-corrected chi connectivity index (χ4v) is 6.08. The number of nitrogens with zero attached hydrogens (tertiary/aromatic N) is 2. The van der Waals surface area contributed by atoms with E-state index in [1.54, 1.807) is 0 Å². The van der Waals surface area contributed by atoms with Crippen molar-refractivity contribution in [3.05, 3.63) is 36.0 Å². The second-order valence-corrected chi connectivity index (χ2v) is 9.64. The molecular formula is C21H25N3O3S. The van der Waals surface area contributed by atoms with Gasteiger partial charge in [-0.1, -0.05) is 18.2 Å². The molecule has 1 N–H and O–H groups in total. The van der Waals surface area contributed by atoms with Gasteiger partial charge in [-0.05, 0) is 31.4 Å². The molecule has 5 rings (SSSR count). The monoisotopic (exact) mass is 399 g/mol. The first kappa shape index (κ1) is 18.1. The zero-order valence-corrected chi connectivity index (χ0v) is 16.7. The Kier molecular flexibility index (Phi) is 4.59. The van der Waals surface area contributed by atoms with Crippen LogP contribution in [-0.4, -0.2) is 76.0 Å². The molecule has 3 aliphatic rings. The van der Waals surface area contributed by atoms with Gasteiger partial charge in [-0.15, -0.1) is 11.8 Å². The van der Waals surface area contributed by atoms with E-state index in [1.165, 1.54) is 0 Å². The van der Waals surface area contributed by atoms with E-state index in [2.05, 4.69) is 4.98 Å². The highest BCUT2D eigenvalue weighted by molar-refractivity contribution is 8.01. The second kappa shape index (κ2) is 7.12. The molecule has 3 aliphatic heterocycles. The third-order valence-electron chi connectivity index (χ3n) is 6.08. The standard InChI is InChI=1S/C21H25N3O3S/c25-19(23-7-3-4-8-23)11-27-16-10-21(28-12-16)13-24(14-21)20(26)18-9-15-5-1-2-6-17(15)22-18/h1-2,5-6,9,16,22H,3-4,7-8,10-14H2. The molecule has 0 radical (unpaired) electrons. The minimum absolute atomic E-state index is 0.0657. The molecule has 4 heterocycles. The molecule has 6 nitrogen and oxygen atoms in total. The highest BCUT2D eigenvalue weighted by Gasteiger charge is 2.51. The Hall–Kier alpha value is -1.99. The Balaban J connectivity index is 1.13. The van der Waals surface area contributed by atoms with E-state index in [9.17, 15) is 9.59 Å². The van der Waals surface area contributed by atoms with Gasteiger partial charge in [-0.2, -0.15) is 0 Å². The van der Waals surface area contributed by atoms with Gasteiger partial charge in [0.05, 0.1) is 10.9 Å². The highest BCUT2D eigenvalue weighted by atomic mass is 32.2. The maximum Gasteiger partial charge on any atom is 0.270 e. The molecule has 0 bridgehead atoms. The van der Waals surface area contributed by atoms with Crippen LogP contribution < -0.4 is 0 Å². The Morgan fingerprint density at radius 1 is 1.18 bits per heavy atom. The van der Waals surface area contributed by atoms with E-state index >= 15 is 0 Å². The topological polar surface area (TPSA) is 65.6 Å². The van der Waals surface area contributed by atoms with Crippen molar-refractivity contribution in [1.29, 1.82) is 0 Å². The van der Waals surface area contributed by atoms with Crippen LogP contribution in [-0.2, 0) is 9.53 Å². The number of para-hydroxylation sites is 1. The molecule has 0 saturated carbocycles. The number of likely N-dealkylation sites (tertiary alicyclic amines) is 2. The van der Waals surface area contributed by atoms with Gasteiger partial charge in [0, 0.05) is 42.8 Å². The van der Waals surface area contributed by atoms with E-state index in [0.29, 0.717) is 5.69 Å². The summed E-state index contributed by atoms with van der Waals surface area (Å²) in [6.45, 7) is 3.45. The highest BCUT2D eigenvalue weighted by Crippen LogP contribution is 2.46. The van der Waals surface area contributed by atoms with E-state index < -0.39 is 0 Å². The van der Waals surface area contributed by atoms with Crippen LogP contribution >= 0.6 is 11.8 Å². The zero-order chi connectivity index (χ0) is 19.1. The van der Waals surface area contributed by atoms with Crippen molar-refractivity contribution in [3.8, 4) is 0 Å². The fraction of sp³-hybridized carbons (Fsp3) is 0.524. The number of amides is 2. The van der Waals surface area contributed by atoms with E-state index in [0.717, 1.165) is 62.1 Å². The van der Waals surface area contributed by atoms with Crippen molar-refractivity contribution in [2.24, 2.45) is 0 Å². The number of aromatic amines is 1. The normalized spacial score (nSPS) is 23.5. The second-order valence-electron chi connectivity index (χ2n) is 8.15. The van der Waals surface area contributed by atoms with Crippen LogP contribution in [0.3, 0.4) is 0 Å². The molecule has 148 valence electrons. The van der Waals surface area contributed by atoms with Gasteiger partial charge in [0.15, 0.2) is 0 Å². The van der Waals surface area contributed by atoms with Crippen molar-refractivity contribution < 1.29 is 14.3 Å². The Morgan fingerprint density at radius 3 is 2.75 bits per heavy atom. The van der Waals surface area contributed by atoms with Crippen LogP contribution in [0.2, 0.25) is 0 Å². The summed E-state index contributed by atoms with van der Waals surface area (Å²) in [5.41, 5.74) is 1.65. The van der Waals surface area contributed by atoms with Crippen molar-refractivity contribution in [2.45, 2.75) is 30.1 Å². The summed E-state index contributed by atoms with van der Waals surface area (Å²) in [5, 5.41) is 1.06. The first-order valence-corrected chi connectivity index (χ1v) is 11.0. The number of hydrogen-bond donors (Lipinski definition) is 1. The van der Waals surface area contributed by atoms with Crippen molar-refractivity contribution in [1.82, 2.24) is 14.8 Å². The lowest BCUT2D eigenvalue weighted by Gasteiger charge is -2.47. The maximum atomic E-state index is 12.8.